The van der Waals surface area contributed by atoms with Gasteiger partial charge < -0.3 is 9.47 Å². The quantitative estimate of drug-likeness (QED) is 0.486. The maximum absolute atomic E-state index is 12.5. The molecule has 0 aliphatic carbocycles. The minimum atomic E-state index is -0.483. The van der Waals surface area contributed by atoms with Gasteiger partial charge >= 0.3 is 0 Å². The van der Waals surface area contributed by atoms with Crippen molar-refractivity contribution in [3.05, 3.63) is 71.8 Å². The number of carbonyl (C=O) groups is 2. The average Bonchev–Trinajstić information content (AvgIpc) is 2.73. The van der Waals surface area contributed by atoms with Crippen LogP contribution < -0.4 is 20.3 Å². The Bertz CT molecular complexity index is 969. The lowest BCUT2D eigenvalue weighted by atomic mass is 9.80. The number of rotatable bonds is 7. The summed E-state index contributed by atoms with van der Waals surface area (Å²) in [6.07, 6.45) is 1.59. The predicted molar refractivity (Wildman–Crippen MR) is 127 cm³/mol. The van der Waals surface area contributed by atoms with Gasteiger partial charge in [-0.2, -0.15) is 0 Å². The normalized spacial score (nSPS) is 11.4. The lowest BCUT2D eigenvalue weighted by molar-refractivity contribution is -0.123. The molecule has 2 N–H and O–H groups in total. The van der Waals surface area contributed by atoms with E-state index in [1.165, 1.54) is 5.56 Å². The zero-order chi connectivity index (χ0) is 23.9. The lowest BCUT2D eigenvalue weighted by Crippen LogP contribution is -2.44. The van der Waals surface area contributed by atoms with Crippen LogP contribution in [0, 0.1) is 0 Å². The molecule has 0 aromatic heterocycles. The van der Waals surface area contributed by atoms with Crippen molar-refractivity contribution >= 4 is 11.8 Å². The van der Waals surface area contributed by atoms with Gasteiger partial charge in [-0.05, 0) is 40.2 Å². The van der Waals surface area contributed by atoms with Crippen LogP contribution in [0.3, 0.4) is 0 Å². The summed E-state index contributed by atoms with van der Waals surface area (Å²) in [5, 5.41) is 0. The minimum absolute atomic E-state index is 0.00582. The third-order valence-corrected chi connectivity index (χ3v) is 4.82. The molecule has 6 heteroatoms. The maximum atomic E-state index is 12.5. The van der Waals surface area contributed by atoms with Gasteiger partial charge in [0.25, 0.3) is 11.8 Å². The molecule has 0 spiro atoms. The Balaban J connectivity index is 2.02. The number of ether oxygens (including phenoxy) is 2. The number of amides is 2. The van der Waals surface area contributed by atoms with E-state index in [2.05, 4.69) is 65.0 Å². The van der Waals surface area contributed by atoms with Crippen LogP contribution in [0.25, 0.3) is 0 Å². The van der Waals surface area contributed by atoms with E-state index in [1.807, 2.05) is 12.1 Å². The Morgan fingerprint density at radius 3 is 2.22 bits per heavy atom. The summed E-state index contributed by atoms with van der Waals surface area (Å²) in [6.45, 7) is 16.4. The molecule has 32 heavy (non-hydrogen) atoms. The van der Waals surface area contributed by atoms with Gasteiger partial charge in [0.2, 0.25) is 0 Å². The van der Waals surface area contributed by atoms with Crippen LogP contribution in [0.4, 0.5) is 0 Å². The van der Waals surface area contributed by atoms with E-state index < -0.39 is 11.8 Å². The zero-order valence-electron chi connectivity index (χ0n) is 19.9. The number of carbonyl (C=O) groups excluding carboxylic acids is 2. The summed E-state index contributed by atoms with van der Waals surface area (Å²) in [6, 6.07) is 12.8. The first-order valence-corrected chi connectivity index (χ1v) is 10.6. The second-order valence-electron chi connectivity index (χ2n) is 9.60. The van der Waals surface area contributed by atoms with Crippen molar-refractivity contribution in [1.29, 1.82) is 0 Å². The van der Waals surface area contributed by atoms with E-state index in [9.17, 15) is 9.59 Å². The van der Waals surface area contributed by atoms with Gasteiger partial charge in [-0.3, -0.25) is 20.4 Å². The second-order valence-corrected chi connectivity index (χ2v) is 9.60. The molecule has 0 unspecified atom stereocenters. The molecule has 0 aliphatic heterocycles. The molecule has 2 amide bonds. The summed E-state index contributed by atoms with van der Waals surface area (Å²) in [4.78, 5) is 24.8. The molecule has 172 valence electrons. The summed E-state index contributed by atoms with van der Waals surface area (Å²) < 4.78 is 11.3. The highest BCUT2D eigenvalue weighted by atomic mass is 16.5. The molecule has 2 rings (SSSR count). The average molecular weight is 439 g/mol. The minimum Gasteiger partial charge on any atom is -0.489 e. The van der Waals surface area contributed by atoms with Crippen molar-refractivity contribution in [1.82, 2.24) is 10.9 Å². The van der Waals surface area contributed by atoms with Crippen LogP contribution in [0.2, 0.25) is 0 Å². The summed E-state index contributed by atoms with van der Waals surface area (Å²) in [7, 11) is 0. The molecule has 0 heterocycles. The van der Waals surface area contributed by atoms with Gasteiger partial charge in [-0.15, -0.1) is 0 Å². The van der Waals surface area contributed by atoms with E-state index in [0.717, 1.165) is 5.56 Å². The topological polar surface area (TPSA) is 76.7 Å². The van der Waals surface area contributed by atoms with E-state index in [1.54, 1.807) is 30.3 Å². The molecular weight excluding hydrogens is 404 g/mol. The molecule has 2 aromatic rings. The van der Waals surface area contributed by atoms with Crippen LogP contribution in [-0.2, 0) is 15.6 Å². The third-order valence-electron chi connectivity index (χ3n) is 4.82. The summed E-state index contributed by atoms with van der Waals surface area (Å²) >= 11 is 0. The van der Waals surface area contributed by atoms with Crippen molar-refractivity contribution in [2.45, 2.75) is 52.4 Å². The molecular formula is C26H34N2O4. The first kappa shape index (κ1) is 25.0. The van der Waals surface area contributed by atoms with Gasteiger partial charge in [-0.1, -0.05) is 78.5 Å². The number of hydrogen-bond acceptors (Lipinski definition) is 4. The van der Waals surface area contributed by atoms with E-state index >= 15 is 0 Å². The Labute approximate surface area is 191 Å². The van der Waals surface area contributed by atoms with Crippen molar-refractivity contribution in [2.75, 3.05) is 13.2 Å². The first-order chi connectivity index (χ1) is 14.9. The fourth-order valence-electron chi connectivity index (χ4n) is 3.01. The molecule has 0 saturated heterocycles. The predicted octanol–water partition coefficient (Wildman–Crippen LogP) is 4.69. The van der Waals surface area contributed by atoms with Crippen molar-refractivity contribution in [3.63, 3.8) is 0 Å². The molecule has 2 aromatic carbocycles. The van der Waals surface area contributed by atoms with E-state index in [0.29, 0.717) is 17.1 Å². The molecule has 6 nitrogen and oxygen atoms in total. The molecule has 0 aliphatic rings. The van der Waals surface area contributed by atoms with Gasteiger partial charge in [0.1, 0.15) is 18.1 Å². The lowest BCUT2D eigenvalue weighted by Gasteiger charge is -2.27. The number of nitrogens with one attached hydrogen (secondary N) is 2. The fourth-order valence-corrected chi connectivity index (χ4v) is 3.01. The van der Waals surface area contributed by atoms with E-state index in [-0.39, 0.29) is 24.0 Å². The van der Waals surface area contributed by atoms with Crippen LogP contribution in [0.15, 0.2) is 55.1 Å². The SMILES string of the molecule is C=CCOc1ccccc1C(=O)NNC(=O)COc1ccc(C(C)(C)C)cc1C(C)(C)C. The monoisotopic (exact) mass is 438 g/mol. The van der Waals surface area contributed by atoms with E-state index in [4.69, 9.17) is 9.47 Å². The molecule has 0 radical (unpaired) electrons. The zero-order valence-corrected chi connectivity index (χ0v) is 19.9. The van der Waals surface area contributed by atoms with Crippen molar-refractivity contribution < 1.29 is 19.1 Å². The highest BCUT2D eigenvalue weighted by Gasteiger charge is 2.23. The Morgan fingerprint density at radius 2 is 1.59 bits per heavy atom. The number of benzene rings is 2. The van der Waals surface area contributed by atoms with Crippen LogP contribution in [0.1, 0.15) is 63.0 Å². The second kappa shape index (κ2) is 10.4. The molecule has 0 saturated carbocycles. The van der Waals surface area contributed by atoms with Crippen LogP contribution in [0.5, 0.6) is 11.5 Å². The van der Waals surface area contributed by atoms with Crippen molar-refractivity contribution in [3.8, 4) is 11.5 Å². The number of para-hydroxylation sites is 1. The number of hydrazine groups is 1. The van der Waals surface area contributed by atoms with Crippen LogP contribution in [-0.4, -0.2) is 25.0 Å². The van der Waals surface area contributed by atoms with Crippen molar-refractivity contribution in [2.24, 2.45) is 0 Å². The molecule has 0 atom stereocenters. The molecule has 0 bridgehead atoms. The standard InChI is InChI=1S/C26H34N2O4/c1-8-15-31-21-12-10-9-11-19(21)24(30)28-27-23(29)17-32-22-14-13-18(25(2,3)4)16-20(22)26(5,6)7/h8-14,16H,1,15,17H2,2-7H3,(H,27,29)(H,28,30). The summed E-state index contributed by atoms with van der Waals surface area (Å²) in [5.41, 5.74) is 7.17. The maximum Gasteiger partial charge on any atom is 0.276 e. The Kier molecular flexibility index (Phi) is 8.08. The highest BCUT2D eigenvalue weighted by molar-refractivity contribution is 5.97. The van der Waals surface area contributed by atoms with Gasteiger partial charge in [0.15, 0.2) is 6.61 Å². The largest absolute Gasteiger partial charge is 0.489 e. The third kappa shape index (κ3) is 6.87. The smallest absolute Gasteiger partial charge is 0.276 e. The van der Waals surface area contributed by atoms with Gasteiger partial charge in [0, 0.05) is 0 Å². The summed E-state index contributed by atoms with van der Waals surface area (Å²) in [5.74, 6) is 0.102. The first-order valence-electron chi connectivity index (χ1n) is 10.6. The number of hydrogen-bond donors (Lipinski definition) is 2. The Hall–Kier alpha value is -3.28. The molecule has 0 fully saturated rings. The van der Waals surface area contributed by atoms with Gasteiger partial charge in [0.05, 0.1) is 5.56 Å². The highest BCUT2D eigenvalue weighted by Crippen LogP contribution is 2.35. The Morgan fingerprint density at radius 1 is 0.906 bits per heavy atom. The fraction of sp³-hybridized carbons (Fsp3) is 0.385. The van der Waals surface area contributed by atoms with Crippen LogP contribution >= 0.6 is 0 Å². The van der Waals surface area contributed by atoms with Gasteiger partial charge in [-0.25, -0.2) is 0 Å².